The predicted molar refractivity (Wildman–Crippen MR) is 109 cm³/mol. The molecule has 0 rings (SSSR count). The summed E-state index contributed by atoms with van der Waals surface area (Å²) < 4.78 is 33.8. The first-order valence-electron chi connectivity index (χ1n) is 11.0. The Balaban J connectivity index is 0. The molecule has 158 valence electrons. The summed E-state index contributed by atoms with van der Waals surface area (Å²) >= 11 is 0. The molecule has 2 atom stereocenters. The molecule has 0 aliphatic heterocycles. The fourth-order valence-electron chi connectivity index (χ4n) is 3.42. The molecule has 1 N–H and O–H groups in total. The van der Waals surface area contributed by atoms with Crippen molar-refractivity contribution in [3.8, 4) is 0 Å². The predicted octanol–water partition coefficient (Wildman–Crippen LogP) is 2.94. The van der Waals surface area contributed by atoms with Crippen molar-refractivity contribution in [3.05, 3.63) is 0 Å². The maximum absolute atomic E-state index is 11.3. The zero-order valence-electron chi connectivity index (χ0n) is 18.3. The van der Waals surface area contributed by atoms with E-state index in [0.717, 1.165) is 19.3 Å². The van der Waals surface area contributed by atoms with Gasteiger partial charge in [-0.1, -0.05) is 104 Å². The molecule has 0 radical (unpaired) electrons. The molecule has 0 aliphatic carbocycles. The van der Waals surface area contributed by atoms with E-state index in [0.29, 0.717) is 12.8 Å². The molecule has 0 aromatic carbocycles. The van der Waals surface area contributed by atoms with Gasteiger partial charge in [-0.15, -0.1) is 0 Å². The van der Waals surface area contributed by atoms with Crippen molar-refractivity contribution in [1.29, 1.82) is 0 Å². The van der Waals surface area contributed by atoms with Crippen LogP contribution in [0.3, 0.4) is 0 Å². The van der Waals surface area contributed by atoms with Gasteiger partial charge in [0.2, 0.25) is 0 Å². The van der Waals surface area contributed by atoms with Crippen LogP contribution in [0.15, 0.2) is 0 Å². The monoisotopic (exact) mass is 414 g/mol. The van der Waals surface area contributed by atoms with E-state index in [1.165, 1.54) is 70.6 Å². The third-order valence-electron chi connectivity index (χ3n) is 5.29. The van der Waals surface area contributed by atoms with E-state index in [9.17, 15) is 18.1 Å². The van der Waals surface area contributed by atoms with Crippen molar-refractivity contribution in [2.75, 3.05) is 0 Å². The van der Waals surface area contributed by atoms with Gasteiger partial charge < -0.3 is 9.66 Å². The summed E-state index contributed by atoms with van der Waals surface area (Å²) in [4.78, 5) is 0. The van der Waals surface area contributed by atoms with E-state index in [1.54, 1.807) is 6.92 Å². The zero-order chi connectivity index (χ0) is 19.7. The minimum atomic E-state index is -4.30. The molecule has 0 saturated heterocycles. The summed E-state index contributed by atoms with van der Waals surface area (Å²) in [6, 6.07) is 0. The SMILES string of the molecule is CCCCCCCCCCCCCCCCC(CC(O)CC)S(=O)(=O)[O-].[Na+]. The topological polar surface area (TPSA) is 77.4 Å². The fourth-order valence-corrected chi connectivity index (χ4v) is 4.33. The van der Waals surface area contributed by atoms with Crippen LogP contribution in [-0.4, -0.2) is 29.4 Å². The van der Waals surface area contributed by atoms with Crippen molar-refractivity contribution < 1.29 is 47.6 Å². The van der Waals surface area contributed by atoms with Crippen molar-refractivity contribution in [1.82, 2.24) is 0 Å². The summed E-state index contributed by atoms with van der Waals surface area (Å²) in [6.07, 6.45) is 17.8. The van der Waals surface area contributed by atoms with Crippen molar-refractivity contribution in [3.63, 3.8) is 0 Å². The van der Waals surface area contributed by atoms with E-state index in [2.05, 4.69) is 6.92 Å². The molecule has 6 heteroatoms. The van der Waals surface area contributed by atoms with Crippen LogP contribution in [0.2, 0.25) is 0 Å². The van der Waals surface area contributed by atoms with Crippen molar-refractivity contribution in [2.45, 2.75) is 134 Å². The molecule has 0 spiro atoms. The number of hydrogen-bond acceptors (Lipinski definition) is 4. The van der Waals surface area contributed by atoms with Crippen LogP contribution in [0, 0.1) is 0 Å². The molecule has 0 aromatic rings. The van der Waals surface area contributed by atoms with E-state index >= 15 is 0 Å². The van der Waals surface area contributed by atoms with Crippen LogP contribution in [0.25, 0.3) is 0 Å². The Hall–Kier alpha value is 0.870. The van der Waals surface area contributed by atoms with Crippen LogP contribution < -0.4 is 29.6 Å². The van der Waals surface area contributed by atoms with Gasteiger partial charge in [0.15, 0.2) is 0 Å². The van der Waals surface area contributed by atoms with E-state index in [4.69, 9.17) is 0 Å². The van der Waals surface area contributed by atoms with Gasteiger partial charge in [-0.25, -0.2) is 8.42 Å². The average molecular weight is 415 g/mol. The molecule has 0 aromatic heterocycles. The van der Waals surface area contributed by atoms with E-state index in [-0.39, 0.29) is 36.0 Å². The molecule has 4 nitrogen and oxygen atoms in total. The normalized spacial score (nSPS) is 13.9. The maximum atomic E-state index is 11.3. The van der Waals surface area contributed by atoms with Gasteiger partial charge in [0.25, 0.3) is 0 Å². The Kier molecular flexibility index (Phi) is 22.4. The third-order valence-corrected chi connectivity index (χ3v) is 6.54. The molecular weight excluding hydrogens is 371 g/mol. The van der Waals surface area contributed by atoms with Crippen LogP contribution in [0.1, 0.15) is 123 Å². The standard InChI is InChI=1S/C21H44O4S.Na/c1-3-5-6-7-8-9-10-11-12-13-14-15-16-17-18-21(26(23,24)25)19-20(22)4-2;/h20-22H,3-19H2,1-2H3,(H,23,24,25);/q;+1/p-1. The Morgan fingerprint density at radius 1 is 0.741 bits per heavy atom. The van der Waals surface area contributed by atoms with Gasteiger partial charge in [-0.05, 0) is 19.3 Å². The molecular formula is C21H43NaO4S. The van der Waals surface area contributed by atoms with Crippen molar-refractivity contribution >= 4 is 10.1 Å². The zero-order valence-corrected chi connectivity index (χ0v) is 21.1. The number of rotatable bonds is 19. The molecule has 0 saturated carbocycles. The number of aliphatic hydroxyl groups excluding tert-OH is 1. The maximum Gasteiger partial charge on any atom is 1.00 e. The molecule has 0 amide bonds. The number of aliphatic hydroxyl groups is 1. The Bertz CT molecular complexity index is 401. The van der Waals surface area contributed by atoms with Gasteiger partial charge in [0.05, 0.1) is 21.5 Å². The first kappa shape index (κ1) is 30.1. The van der Waals surface area contributed by atoms with Gasteiger partial charge in [-0.2, -0.15) is 0 Å². The van der Waals surface area contributed by atoms with Gasteiger partial charge in [0.1, 0.15) is 0 Å². The van der Waals surface area contributed by atoms with Gasteiger partial charge in [-0.3, -0.25) is 0 Å². The summed E-state index contributed by atoms with van der Waals surface area (Å²) in [5.74, 6) is 0. The Labute approximate surface area is 191 Å². The van der Waals surface area contributed by atoms with Gasteiger partial charge >= 0.3 is 29.6 Å². The third kappa shape index (κ3) is 19.9. The summed E-state index contributed by atoms with van der Waals surface area (Å²) in [5.41, 5.74) is 0. The molecule has 0 bridgehead atoms. The molecule has 27 heavy (non-hydrogen) atoms. The first-order chi connectivity index (χ1) is 12.4. The Morgan fingerprint density at radius 3 is 1.44 bits per heavy atom. The quantitative estimate of drug-likeness (QED) is 0.200. The second-order valence-electron chi connectivity index (χ2n) is 7.80. The minimum absolute atomic E-state index is 0. The second-order valence-corrected chi connectivity index (χ2v) is 9.45. The fraction of sp³-hybridized carbons (Fsp3) is 1.00. The minimum Gasteiger partial charge on any atom is -0.748 e. The second kappa shape index (κ2) is 20.2. The largest absolute Gasteiger partial charge is 1.00 e. The van der Waals surface area contributed by atoms with Crippen LogP contribution in [-0.2, 0) is 10.1 Å². The van der Waals surface area contributed by atoms with E-state index < -0.39 is 21.5 Å². The average Bonchev–Trinajstić information content (AvgIpc) is 2.59. The Morgan fingerprint density at radius 2 is 1.11 bits per heavy atom. The van der Waals surface area contributed by atoms with Crippen LogP contribution >= 0.6 is 0 Å². The molecule has 0 fully saturated rings. The molecule has 0 aliphatic rings. The number of hydrogen-bond donors (Lipinski definition) is 1. The first-order valence-corrected chi connectivity index (χ1v) is 12.5. The van der Waals surface area contributed by atoms with Crippen LogP contribution in [0.5, 0.6) is 0 Å². The van der Waals surface area contributed by atoms with Crippen molar-refractivity contribution in [2.24, 2.45) is 0 Å². The van der Waals surface area contributed by atoms with Crippen LogP contribution in [0.4, 0.5) is 0 Å². The van der Waals surface area contributed by atoms with Gasteiger partial charge in [0, 0.05) is 0 Å². The number of unbranched alkanes of at least 4 members (excludes halogenated alkanes) is 13. The molecule has 0 heterocycles. The molecule has 2 unspecified atom stereocenters. The summed E-state index contributed by atoms with van der Waals surface area (Å²) in [7, 11) is -4.30. The summed E-state index contributed by atoms with van der Waals surface area (Å²) in [5, 5.41) is 8.68. The summed E-state index contributed by atoms with van der Waals surface area (Å²) in [6.45, 7) is 4.05. The van der Waals surface area contributed by atoms with E-state index in [1.807, 2.05) is 0 Å². The smallest absolute Gasteiger partial charge is 0.748 e.